The predicted molar refractivity (Wildman–Crippen MR) is 93.2 cm³/mol. The van der Waals surface area contributed by atoms with E-state index < -0.39 is 10.2 Å². The Kier molecular flexibility index (Phi) is 4.93. The Morgan fingerprint density at radius 1 is 1.17 bits per heavy atom. The maximum absolute atomic E-state index is 12.8. The van der Waals surface area contributed by atoms with Gasteiger partial charge in [0.25, 0.3) is 0 Å². The molecule has 1 saturated heterocycles. The van der Waals surface area contributed by atoms with E-state index in [2.05, 4.69) is 9.71 Å². The van der Waals surface area contributed by atoms with Crippen LogP contribution in [0.2, 0.25) is 5.02 Å². The molecule has 0 saturated carbocycles. The first kappa shape index (κ1) is 17.0. The van der Waals surface area contributed by atoms with Gasteiger partial charge in [-0.25, -0.2) is 4.98 Å². The lowest BCUT2D eigenvalue weighted by atomic mass is 9.98. The van der Waals surface area contributed by atoms with Crippen molar-refractivity contribution in [1.82, 2.24) is 9.29 Å². The fourth-order valence-corrected chi connectivity index (χ4v) is 4.41. The lowest BCUT2D eigenvalue weighted by Crippen LogP contribution is -2.41. The van der Waals surface area contributed by atoms with Crippen molar-refractivity contribution >= 4 is 27.6 Å². The summed E-state index contributed by atoms with van der Waals surface area (Å²) in [6.07, 6.45) is 3.74. The Morgan fingerprint density at radius 2 is 1.92 bits per heavy atom. The first-order valence-corrected chi connectivity index (χ1v) is 9.47. The number of rotatable bonds is 4. The van der Waals surface area contributed by atoms with Gasteiger partial charge >= 0.3 is 10.2 Å². The van der Waals surface area contributed by atoms with Gasteiger partial charge in [0.15, 0.2) is 0 Å². The number of benzene rings is 1. The first-order chi connectivity index (χ1) is 11.5. The van der Waals surface area contributed by atoms with Crippen molar-refractivity contribution in [3.8, 4) is 5.75 Å². The molecule has 1 unspecified atom stereocenters. The molecule has 0 aliphatic carbocycles. The summed E-state index contributed by atoms with van der Waals surface area (Å²) in [4.78, 5) is 3.88. The second-order valence-corrected chi connectivity index (χ2v) is 7.74. The Labute approximate surface area is 146 Å². The molecular weight excluding hydrogens is 350 g/mol. The maximum atomic E-state index is 12.8. The zero-order valence-corrected chi connectivity index (χ0v) is 14.5. The summed E-state index contributed by atoms with van der Waals surface area (Å²) < 4.78 is 29.5. The number of nitrogens with one attached hydrogen (secondary N) is 1. The van der Waals surface area contributed by atoms with E-state index in [0.29, 0.717) is 11.6 Å². The van der Waals surface area contributed by atoms with Crippen LogP contribution >= 0.6 is 11.6 Å². The Bertz CT molecular complexity index is 794. The minimum atomic E-state index is -3.75. The van der Waals surface area contributed by atoms with Crippen molar-refractivity contribution in [2.45, 2.75) is 25.3 Å². The van der Waals surface area contributed by atoms with Crippen LogP contribution in [0.5, 0.6) is 5.75 Å². The minimum absolute atomic E-state index is 0.0186. The molecule has 0 amide bonds. The van der Waals surface area contributed by atoms with Crippen LogP contribution in [-0.2, 0) is 10.2 Å². The smallest absolute Gasteiger partial charge is 0.303 e. The largest absolute Gasteiger partial charge is 0.506 e. The highest BCUT2D eigenvalue weighted by molar-refractivity contribution is 7.90. The van der Waals surface area contributed by atoms with E-state index >= 15 is 0 Å². The molecule has 128 valence electrons. The molecule has 1 aliphatic heterocycles. The lowest BCUT2D eigenvalue weighted by molar-refractivity contribution is 0.257. The van der Waals surface area contributed by atoms with Gasteiger partial charge in [-0.05, 0) is 42.7 Å². The molecule has 6 nitrogen and oxygen atoms in total. The molecule has 8 heteroatoms. The molecule has 3 rings (SSSR count). The number of aromatic nitrogens is 1. The third kappa shape index (κ3) is 3.80. The van der Waals surface area contributed by atoms with Gasteiger partial charge in [0.05, 0.1) is 12.2 Å². The molecular formula is C16H18ClN3O3S. The van der Waals surface area contributed by atoms with Gasteiger partial charge in [-0.2, -0.15) is 12.7 Å². The maximum Gasteiger partial charge on any atom is 0.303 e. The number of aromatic hydroxyl groups is 1. The second kappa shape index (κ2) is 6.96. The van der Waals surface area contributed by atoms with Gasteiger partial charge in [0.2, 0.25) is 0 Å². The van der Waals surface area contributed by atoms with E-state index in [1.165, 1.54) is 22.6 Å². The van der Waals surface area contributed by atoms with Crippen molar-refractivity contribution in [3.05, 3.63) is 53.2 Å². The van der Waals surface area contributed by atoms with Crippen LogP contribution in [0.3, 0.4) is 0 Å². The van der Waals surface area contributed by atoms with Crippen LogP contribution in [0.4, 0.5) is 5.82 Å². The summed E-state index contributed by atoms with van der Waals surface area (Å²) >= 11 is 5.92. The summed E-state index contributed by atoms with van der Waals surface area (Å²) in [6, 6.07) is 9.84. The molecule has 0 spiro atoms. The lowest BCUT2D eigenvalue weighted by Gasteiger charge is -2.34. The molecule has 0 bridgehead atoms. The van der Waals surface area contributed by atoms with Crippen LogP contribution in [-0.4, -0.2) is 29.4 Å². The topological polar surface area (TPSA) is 82.5 Å². The van der Waals surface area contributed by atoms with Crippen LogP contribution in [0.15, 0.2) is 42.6 Å². The molecule has 1 fully saturated rings. The van der Waals surface area contributed by atoms with Gasteiger partial charge in [-0.3, -0.25) is 4.72 Å². The van der Waals surface area contributed by atoms with E-state index in [9.17, 15) is 13.5 Å². The highest BCUT2D eigenvalue weighted by Crippen LogP contribution is 2.34. The van der Waals surface area contributed by atoms with E-state index in [4.69, 9.17) is 11.6 Å². The Balaban J connectivity index is 1.85. The van der Waals surface area contributed by atoms with Gasteiger partial charge in [-0.1, -0.05) is 30.2 Å². The molecule has 2 N–H and O–H groups in total. The number of anilines is 1. The van der Waals surface area contributed by atoms with Gasteiger partial charge in [-0.15, -0.1) is 0 Å². The Hall–Kier alpha value is -1.83. The van der Waals surface area contributed by atoms with Crippen LogP contribution in [0.1, 0.15) is 30.9 Å². The van der Waals surface area contributed by atoms with Gasteiger partial charge < -0.3 is 5.11 Å². The molecule has 1 aliphatic rings. The molecule has 1 aromatic carbocycles. The summed E-state index contributed by atoms with van der Waals surface area (Å²) in [5, 5.41) is 9.88. The van der Waals surface area contributed by atoms with Gasteiger partial charge in [0.1, 0.15) is 11.6 Å². The van der Waals surface area contributed by atoms with Gasteiger partial charge in [0, 0.05) is 11.6 Å². The number of pyridine rings is 1. The summed E-state index contributed by atoms with van der Waals surface area (Å²) in [5.74, 6) is 0.156. The van der Waals surface area contributed by atoms with E-state index in [1.807, 2.05) is 12.1 Å². The number of hydrogen-bond acceptors (Lipinski definition) is 4. The highest BCUT2D eigenvalue weighted by Gasteiger charge is 2.33. The number of halogens is 1. The van der Waals surface area contributed by atoms with E-state index in [0.717, 1.165) is 24.8 Å². The normalized spacial score (nSPS) is 19.1. The molecule has 24 heavy (non-hydrogen) atoms. The molecule has 2 aromatic rings. The highest BCUT2D eigenvalue weighted by atomic mass is 35.5. The average Bonchev–Trinajstić information content (AvgIpc) is 2.57. The van der Waals surface area contributed by atoms with Crippen molar-refractivity contribution in [1.29, 1.82) is 0 Å². The SMILES string of the molecule is O=S(=O)(Nc1ccc(O)cn1)N1CCCCC1c1ccc(Cl)cc1. The van der Waals surface area contributed by atoms with E-state index in [1.54, 1.807) is 12.1 Å². The third-order valence-corrected chi connectivity index (χ3v) is 5.77. The first-order valence-electron chi connectivity index (χ1n) is 7.66. The van der Waals surface area contributed by atoms with Crippen molar-refractivity contribution in [2.24, 2.45) is 0 Å². The monoisotopic (exact) mass is 367 g/mol. The summed E-state index contributed by atoms with van der Waals surface area (Å²) in [7, 11) is -3.75. The van der Waals surface area contributed by atoms with Crippen LogP contribution < -0.4 is 4.72 Å². The summed E-state index contributed by atoms with van der Waals surface area (Å²) in [6.45, 7) is 0.445. The molecule has 1 atom stereocenters. The Morgan fingerprint density at radius 3 is 2.58 bits per heavy atom. The van der Waals surface area contributed by atoms with Crippen molar-refractivity contribution in [2.75, 3.05) is 11.3 Å². The van der Waals surface area contributed by atoms with Crippen LogP contribution in [0.25, 0.3) is 0 Å². The quantitative estimate of drug-likeness (QED) is 0.868. The second-order valence-electron chi connectivity index (χ2n) is 5.68. The zero-order chi connectivity index (χ0) is 17.2. The fraction of sp³-hybridized carbons (Fsp3) is 0.312. The number of nitrogens with zero attached hydrogens (tertiary/aromatic N) is 2. The average molecular weight is 368 g/mol. The minimum Gasteiger partial charge on any atom is -0.506 e. The summed E-state index contributed by atoms with van der Waals surface area (Å²) in [5.41, 5.74) is 0.920. The zero-order valence-electron chi connectivity index (χ0n) is 12.9. The number of piperidine rings is 1. The predicted octanol–water partition coefficient (Wildman–Crippen LogP) is 3.32. The van der Waals surface area contributed by atoms with Crippen molar-refractivity contribution < 1.29 is 13.5 Å². The molecule has 1 aromatic heterocycles. The third-order valence-electron chi connectivity index (χ3n) is 4.00. The standard InChI is InChI=1S/C16H18ClN3O3S/c17-13-6-4-12(5-7-13)15-3-1-2-10-20(15)24(22,23)19-16-9-8-14(21)11-18-16/h4-9,11,15,21H,1-3,10H2,(H,18,19). The fourth-order valence-electron chi connectivity index (χ4n) is 2.85. The number of hydrogen-bond donors (Lipinski definition) is 2. The molecule has 0 radical (unpaired) electrons. The van der Waals surface area contributed by atoms with Crippen LogP contribution in [0, 0.1) is 0 Å². The molecule has 2 heterocycles. The van der Waals surface area contributed by atoms with Crippen molar-refractivity contribution in [3.63, 3.8) is 0 Å². The van der Waals surface area contributed by atoms with E-state index in [-0.39, 0.29) is 17.6 Å².